The van der Waals surface area contributed by atoms with Crippen LogP contribution < -0.4 is 4.74 Å². The van der Waals surface area contributed by atoms with Gasteiger partial charge < -0.3 is 4.74 Å². The first-order valence-electron chi connectivity index (χ1n) is 4.12. The van der Waals surface area contributed by atoms with Crippen molar-refractivity contribution in [2.45, 2.75) is 6.32 Å². The minimum atomic E-state index is -0.439. The Balaban J connectivity index is 2.84. The van der Waals surface area contributed by atoms with E-state index in [9.17, 15) is 10.1 Å². The van der Waals surface area contributed by atoms with E-state index in [1.807, 2.05) is 7.85 Å². The van der Waals surface area contributed by atoms with E-state index in [2.05, 4.69) is 0 Å². The van der Waals surface area contributed by atoms with Gasteiger partial charge in [-0.25, -0.2) is 0 Å². The Morgan fingerprint density at radius 3 is 2.77 bits per heavy atom. The van der Waals surface area contributed by atoms with Crippen molar-refractivity contribution < 1.29 is 9.66 Å². The number of nitro benzene ring substituents is 1. The number of para-hydroxylation sites is 2. The van der Waals surface area contributed by atoms with Crippen LogP contribution in [0.4, 0.5) is 5.69 Å². The molecule has 0 aromatic heterocycles. The molecule has 0 fully saturated rings. The summed E-state index contributed by atoms with van der Waals surface area (Å²) in [6.07, 6.45) is 0.839. The van der Waals surface area contributed by atoms with Crippen LogP contribution >= 0.6 is 0 Å². The maximum Gasteiger partial charge on any atom is 0.310 e. The molecule has 0 saturated carbocycles. The van der Waals surface area contributed by atoms with Gasteiger partial charge >= 0.3 is 5.69 Å². The van der Waals surface area contributed by atoms with E-state index in [0.29, 0.717) is 12.4 Å². The Hall–Kier alpha value is -1.52. The second-order valence-corrected chi connectivity index (χ2v) is 2.57. The molecule has 0 atom stereocenters. The third kappa shape index (κ3) is 2.47. The van der Waals surface area contributed by atoms with E-state index in [-0.39, 0.29) is 5.69 Å². The molecule has 4 nitrogen and oxygen atoms in total. The van der Waals surface area contributed by atoms with E-state index in [1.165, 1.54) is 6.07 Å². The van der Waals surface area contributed by atoms with Crippen LogP contribution in [0.2, 0.25) is 6.32 Å². The van der Waals surface area contributed by atoms with Gasteiger partial charge in [0.1, 0.15) is 7.85 Å². The number of hydrogen-bond donors (Lipinski definition) is 0. The van der Waals surface area contributed by atoms with E-state index in [0.717, 1.165) is 6.32 Å². The third-order valence-electron chi connectivity index (χ3n) is 1.52. The molecule has 0 radical (unpaired) electrons. The van der Waals surface area contributed by atoms with E-state index in [4.69, 9.17) is 4.74 Å². The van der Waals surface area contributed by atoms with E-state index < -0.39 is 4.92 Å². The Labute approximate surface area is 77.1 Å². The lowest BCUT2D eigenvalue weighted by atomic mass is 10.1. The van der Waals surface area contributed by atoms with Crippen LogP contribution in [0, 0.1) is 10.1 Å². The summed E-state index contributed by atoms with van der Waals surface area (Å²) in [7, 11) is 1.95. The molecule has 68 valence electrons. The highest BCUT2D eigenvalue weighted by Gasteiger charge is 2.12. The average Bonchev–Trinajstić information content (AvgIpc) is 2.15. The van der Waals surface area contributed by atoms with Gasteiger partial charge in [0.15, 0.2) is 5.75 Å². The Morgan fingerprint density at radius 2 is 2.15 bits per heavy atom. The van der Waals surface area contributed by atoms with Crippen molar-refractivity contribution in [2.24, 2.45) is 0 Å². The van der Waals surface area contributed by atoms with Gasteiger partial charge in [0.25, 0.3) is 0 Å². The SMILES string of the molecule is BCCOc1ccccc1[N+](=O)[O-]. The lowest BCUT2D eigenvalue weighted by Gasteiger charge is -2.03. The van der Waals surface area contributed by atoms with Crippen molar-refractivity contribution >= 4 is 13.5 Å². The molecule has 0 unspecified atom stereocenters. The summed E-state index contributed by atoms with van der Waals surface area (Å²) in [6, 6.07) is 6.38. The topological polar surface area (TPSA) is 52.4 Å². The second kappa shape index (κ2) is 4.50. The molecular weight excluding hydrogens is 169 g/mol. The summed E-state index contributed by atoms with van der Waals surface area (Å²) in [5.41, 5.74) is 0.0240. The molecule has 0 aliphatic carbocycles. The van der Waals surface area contributed by atoms with Gasteiger partial charge in [-0.2, -0.15) is 0 Å². The normalized spacial score (nSPS) is 9.54. The summed E-state index contributed by atoms with van der Waals surface area (Å²) in [5.74, 6) is 0.342. The van der Waals surface area contributed by atoms with Crippen LogP contribution in [0.25, 0.3) is 0 Å². The van der Waals surface area contributed by atoms with Crippen molar-refractivity contribution in [2.75, 3.05) is 6.61 Å². The maximum atomic E-state index is 10.5. The first-order valence-corrected chi connectivity index (χ1v) is 4.12. The molecule has 1 rings (SSSR count). The van der Waals surface area contributed by atoms with Gasteiger partial charge in [-0.15, -0.1) is 0 Å². The standard InChI is InChI=1S/C8H10BNO3/c9-5-6-13-8-4-2-1-3-7(8)10(11)12/h1-4H,5-6,9H2. The fourth-order valence-corrected chi connectivity index (χ4v) is 0.942. The second-order valence-electron chi connectivity index (χ2n) is 2.57. The van der Waals surface area contributed by atoms with Crippen LogP contribution in [0.15, 0.2) is 24.3 Å². The summed E-state index contributed by atoms with van der Waals surface area (Å²) in [4.78, 5) is 10.1. The first kappa shape index (κ1) is 9.57. The molecule has 0 bridgehead atoms. The molecule has 13 heavy (non-hydrogen) atoms. The first-order chi connectivity index (χ1) is 6.25. The Morgan fingerprint density at radius 1 is 1.46 bits per heavy atom. The number of benzene rings is 1. The number of ether oxygens (including phenoxy) is 1. The molecule has 0 amide bonds. The van der Waals surface area contributed by atoms with Crippen LogP contribution in [0.5, 0.6) is 5.75 Å². The van der Waals surface area contributed by atoms with E-state index in [1.54, 1.807) is 18.2 Å². The summed E-state index contributed by atoms with van der Waals surface area (Å²) in [6.45, 7) is 0.505. The zero-order valence-corrected chi connectivity index (χ0v) is 7.40. The van der Waals surface area contributed by atoms with Gasteiger partial charge in [0.05, 0.1) is 11.5 Å². The molecule has 0 saturated heterocycles. The monoisotopic (exact) mass is 179 g/mol. The van der Waals surface area contributed by atoms with Crippen molar-refractivity contribution in [3.8, 4) is 5.75 Å². The van der Waals surface area contributed by atoms with Gasteiger partial charge in [0.2, 0.25) is 0 Å². The molecule has 0 aliphatic heterocycles. The smallest absolute Gasteiger partial charge is 0.310 e. The van der Waals surface area contributed by atoms with Crippen LogP contribution in [0.1, 0.15) is 0 Å². The van der Waals surface area contributed by atoms with Gasteiger partial charge in [0, 0.05) is 6.07 Å². The molecule has 5 heteroatoms. The fraction of sp³-hybridized carbons (Fsp3) is 0.250. The molecule has 1 aromatic carbocycles. The van der Waals surface area contributed by atoms with Crippen molar-refractivity contribution in [1.82, 2.24) is 0 Å². The highest BCUT2D eigenvalue weighted by molar-refractivity contribution is 6.08. The molecule has 0 spiro atoms. The molecule has 1 aromatic rings. The highest BCUT2D eigenvalue weighted by Crippen LogP contribution is 2.25. The molecule has 0 heterocycles. The molecular formula is C8H10BNO3. The zero-order valence-electron chi connectivity index (χ0n) is 7.40. The van der Waals surface area contributed by atoms with Crippen LogP contribution in [-0.4, -0.2) is 19.4 Å². The molecule has 0 N–H and O–H groups in total. The lowest BCUT2D eigenvalue weighted by molar-refractivity contribution is -0.385. The summed E-state index contributed by atoms with van der Waals surface area (Å²) >= 11 is 0. The van der Waals surface area contributed by atoms with Gasteiger partial charge in [-0.3, -0.25) is 10.1 Å². The van der Waals surface area contributed by atoms with Gasteiger partial charge in [-0.05, 0) is 12.4 Å². The van der Waals surface area contributed by atoms with Crippen molar-refractivity contribution in [3.05, 3.63) is 34.4 Å². The zero-order chi connectivity index (χ0) is 9.68. The number of rotatable bonds is 4. The predicted octanol–water partition coefficient (Wildman–Crippen LogP) is 1.02. The summed E-state index contributed by atoms with van der Waals surface area (Å²) in [5, 5.41) is 10.5. The minimum Gasteiger partial charge on any atom is -0.488 e. The number of nitrogens with zero attached hydrogens (tertiary/aromatic N) is 1. The average molecular weight is 179 g/mol. The number of nitro groups is 1. The van der Waals surface area contributed by atoms with Crippen molar-refractivity contribution in [3.63, 3.8) is 0 Å². The Kier molecular flexibility index (Phi) is 3.31. The minimum absolute atomic E-state index is 0.0240. The summed E-state index contributed by atoms with van der Waals surface area (Å²) < 4.78 is 5.21. The lowest BCUT2D eigenvalue weighted by Crippen LogP contribution is -1.99. The molecule has 0 aliphatic rings. The van der Waals surface area contributed by atoms with Crippen molar-refractivity contribution in [1.29, 1.82) is 0 Å². The third-order valence-corrected chi connectivity index (χ3v) is 1.52. The van der Waals surface area contributed by atoms with Crippen LogP contribution in [0.3, 0.4) is 0 Å². The van der Waals surface area contributed by atoms with Crippen LogP contribution in [-0.2, 0) is 0 Å². The fourth-order valence-electron chi connectivity index (χ4n) is 0.942. The quantitative estimate of drug-likeness (QED) is 0.394. The van der Waals surface area contributed by atoms with Gasteiger partial charge in [-0.1, -0.05) is 12.1 Å². The largest absolute Gasteiger partial charge is 0.488 e. The number of hydrogen-bond acceptors (Lipinski definition) is 3. The predicted molar refractivity (Wildman–Crippen MR) is 51.9 cm³/mol. The van der Waals surface area contributed by atoms with E-state index >= 15 is 0 Å². The Bertz CT molecular complexity index is 303. The highest BCUT2D eigenvalue weighted by atomic mass is 16.6. The maximum absolute atomic E-state index is 10.5.